The van der Waals surface area contributed by atoms with E-state index in [9.17, 15) is 9.18 Å². The van der Waals surface area contributed by atoms with Crippen LogP contribution in [-0.2, 0) is 11.2 Å². The maximum atomic E-state index is 13.7. The van der Waals surface area contributed by atoms with Crippen LogP contribution in [0.1, 0.15) is 22.7 Å². The van der Waals surface area contributed by atoms with Crippen LogP contribution in [0.3, 0.4) is 0 Å². The molecule has 0 spiro atoms. The number of hydrogen-bond acceptors (Lipinski definition) is 6. The second-order valence-corrected chi connectivity index (χ2v) is 8.32. The van der Waals surface area contributed by atoms with Crippen LogP contribution >= 0.6 is 11.6 Å². The maximum Gasteiger partial charge on any atom is 0.253 e. The van der Waals surface area contributed by atoms with E-state index in [4.69, 9.17) is 20.9 Å². The van der Waals surface area contributed by atoms with E-state index in [1.165, 1.54) is 12.1 Å². The highest BCUT2D eigenvalue weighted by atomic mass is 35.5. The Balaban J connectivity index is 1.40. The molecule has 33 heavy (non-hydrogen) atoms. The lowest BCUT2D eigenvalue weighted by atomic mass is 10.1. The summed E-state index contributed by atoms with van der Waals surface area (Å²) in [6.07, 6.45) is 1.21. The van der Waals surface area contributed by atoms with Gasteiger partial charge in [-0.25, -0.2) is 4.39 Å². The third kappa shape index (κ3) is 6.60. The van der Waals surface area contributed by atoms with Crippen LogP contribution in [0.25, 0.3) is 11.4 Å². The topological polar surface area (TPSA) is 71.7 Å². The fourth-order valence-electron chi connectivity index (χ4n) is 3.73. The Kier molecular flexibility index (Phi) is 8.04. The summed E-state index contributed by atoms with van der Waals surface area (Å²) in [5.74, 6) is 0.259. The molecule has 1 aromatic heterocycles. The van der Waals surface area contributed by atoms with Crippen LogP contribution in [0.4, 0.5) is 4.39 Å². The van der Waals surface area contributed by atoms with Gasteiger partial charge in [0.25, 0.3) is 5.91 Å². The molecule has 1 aliphatic heterocycles. The average Bonchev–Trinajstić information content (AvgIpc) is 3.31. The van der Waals surface area contributed by atoms with Gasteiger partial charge in [-0.05, 0) is 48.9 Å². The van der Waals surface area contributed by atoms with E-state index >= 15 is 0 Å². The molecule has 2 heterocycles. The summed E-state index contributed by atoms with van der Waals surface area (Å²) in [6.45, 7) is 5.07. The van der Waals surface area contributed by atoms with E-state index in [2.05, 4.69) is 15.0 Å². The van der Waals surface area contributed by atoms with Gasteiger partial charge in [0.05, 0.1) is 13.2 Å². The molecule has 0 atom stereocenters. The normalized spacial score (nSPS) is 14.4. The first kappa shape index (κ1) is 23.4. The van der Waals surface area contributed by atoms with Gasteiger partial charge in [0.15, 0.2) is 0 Å². The first-order chi connectivity index (χ1) is 16.1. The number of nitrogens with zero attached hydrogens (tertiary/aromatic N) is 4. The smallest absolute Gasteiger partial charge is 0.253 e. The van der Waals surface area contributed by atoms with Crippen LogP contribution in [0.5, 0.6) is 0 Å². The zero-order chi connectivity index (χ0) is 23.0. The van der Waals surface area contributed by atoms with E-state index < -0.39 is 5.82 Å². The number of aromatic nitrogens is 2. The third-order valence-corrected chi connectivity index (χ3v) is 5.78. The van der Waals surface area contributed by atoms with Crippen LogP contribution in [0.2, 0.25) is 5.02 Å². The second-order valence-electron chi connectivity index (χ2n) is 7.88. The van der Waals surface area contributed by atoms with E-state index in [1.54, 1.807) is 29.2 Å². The lowest BCUT2D eigenvalue weighted by molar-refractivity contribution is 0.0357. The summed E-state index contributed by atoms with van der Waals surface area (Å²) < 4.78 is 24.5. The number of morpholine rings is 1. The molecular formula is C24H26ClFN4O3. The van der Waals surface area contributed by atoms with Gasteiger partial charge in [-0.1, -0.05) is 22.8 Å². The Morgan fingerprint density at radius 1 is 1.12 bits per heavy atom. The summed E-state index contributed by atoms with van der Waals surface area (Å²) >= 11 is 5.94. The Labute approximate surface area is 197 Å². The molecule has 7 nitrogen and oxygen atoms in total. The summed E-state index contributed by atoms with van der Waals surface area (Å²) in [6, 6.07) is 12.9. The zero-order valence-corrected chi connectivity index (χ0v) is 19.0. The van der Waals surface area contributed by atoms with Crippen molar-refractivity contribution in [3.8, 4) is 11.4 Å². The molecule has 9 heteroatoms. The summed E-state index contributed by atoms with van der Waals surface area (Å²) in [5.41, 5.74) is 1.13. The van der Waals surface area contributed by atoms with Gasteiger partial charge in [-0.3, -0.25) is 9.69 Å². The number of hydrogen-bond donors (Lipinski definition) is 0. The molecule has 0 N–H and O–H groups in total. The number of carbonyl (C=O) groups excluding carboxylic acids is 1. The fourth-order valence-corrected chi connectivity index (χ4v) is 3.86. The molecule has 1 aliphatic rings. The van der Waals surface area contributed by atoms with Crippen molar-refractivity contribution in [2.24, 2.45) is 0 Å². The summed E-state index contributed by atoms with van der Waals surface area (Å²) in [5, 5.41) is 4.66. The number of halogens is 2. The van der Waals surface area contributed by atoms with E-state index in [0.717, 1.165) is 44.8 Å². The zero-order valence-electron chi connectivity index (χ0n) is 18.3. The summed E-state index contributed by atoms with van der Waals surface area (Å²) in [7, 11) is 0. The van der Waals surface area contributed by atoms with Crippen LogP contribution in [-0.4, -0.2) is 71.8 Å². The van der Waals surface area contributed by atoms with Crippen molar-refractivity contribution in [1.29, 1.82) is 0 Å². The molecule has 0 radical (unpaired) electrons. The first-order valence-corrected chi connectivity index (χ1v) is 11.4. The maximum absolute atomic E-state index is 13.7. The monoisotopic (exact) mass is 472 g/mol. The van der Waals surface area contributed by atoms with Gasteiger partial charge in [0.1, 0.15) is 5.82 Å². The molecule has 0 saturated carbocycles. The van der Waals surface area contributed by atoms with Crippen LogP contribution in [0.15, 0.2) is 53.1 Å². The number of rotatable bonds is 9. The summed E-state index contributed by atoms with van der Waals surface area (Å²) in [4.78, 5) is 21.6. The van der Waals surface area contributed by atoms with Gasteiger partial charge >= 0.3 is 0 Å². The fraction of sp³-hybridized carbons (Fsp3) is 0.375. The standard InChI is InChI=1S/C24H26ClFN4O3/c25-20-7-5-18(6-8-20)23-27-22(33-28-23)9-12-30(11-2-10-29-13-15-32-16-14-29)24(31)19-3-1-4-21(26)17-19/h1,3-8,17H,2,9-16H2. The predicted octanol–water partition coefficient (Wildman–Crippen LogP) is 3.94. The van der Waals surface area contributed by atoms with E-state index in [-0.39, 0.29) is 5.91 Å². The lowest BCUT2D eigenvalue weighted by Gasteiger charge is -2.28. The Morgan fingerprint density at radius 2 is 1.91 bits per heavy atom. The Hall–Kier alpha value is -2.81. The molecule has 1 saturated heterocycles. The van der Waals surface area contributed by atoms with Crippen molar-refractivity contribution in [3.05, 3.63) is 70.8 Å². The van der Waals surface area contributed by atoms with Crippen molar-refractivity contribution in [1.82, 2.24) is 19.9 Å². The lowest BCUT2D eigenvalue weighted by Crippen LogP contribution is -2.39. The number of ether oxygens (including phenoxy) is 1. The quantitative estimate of drug-likeness (QED) is 0.470. The SMILES string of the molecule is O=C(c1cccc(F)c1)N(CCCN1CCOCC1)CCc1nc(-c2ccc(Cl)cc2)no1. The largest absolute Gasteiger partial charge is 0.379 e. The number of benzene rings is 2. The molecule has 0 aliphatic carbocycles. The van der Waals surface area contributed by atoms with Crippen molar-refractivity contribution < 1.29 is 18.4 Å². The molecule has 3 aromatic rings. The minimum atomic E-state index is -0.432. The van der Waals surface area contributed by atoms with Gasteiger partial charge in [0, 0.05) is 55.3 Å². The molecule has 2 aromatic carbocycles. The minimum absolute atomic E-state index is 0.214. The van der Waals surface area contributed by atoms with Gasteiger partial charge in [-0.2, -0.15) is 4.98 Å². The minimum Gasteiger partial charge on any atom is -0.379 e. The van der Waals surface area contributed by atoms with Gasteiger partial charge < -0.3 is 14.2 Å². The highest BCUT2D eigenvalue weighted by Crippen LogP contribution is 2.19. The highest BCUT2D eigenvalue weighted by molar-refractivity contribution is 6.30. The van der Waals surface area contributed by atoms with Crippen molar-refractivity contribution >= 4 is 17.5 Å². The molecule has 0 bridgehead atoms. The number of amides is 1. The first-order valence-electron chi connectivity index (χ1n) is 11.0. The van der Waals surface area contributed by atoms with E-state index in [1.807, 2.05) is 12.1 Å². The Morgan fingerprint density at radius 3 is 2.67 bits per heavy atom. The predicted molar refractivity (Wildman–Crippen MR) is 123 cm³/mol. The van der Waals surface area contributed by atoms with Crippen LogP contribution in [0, 0.1) is 5.82 Å². The van der Waals surface area contributed by atoms with Crippen molar-refractivity contribution in [2.45, 2.75) is 12.8 Å². The highest BCUT2D eigenvalue weighted by Gasteiger charge is 2.19. The van der Waals surface area contributed by atoms with Crippen molar-refractivity contribution in [3.63, 3.8) is 0 Å². The average molecular weight is 473 g/mol. The molecule has 1 fully saturated rings. The molecular weight excluding hydrogens is 447 g/mol. The van der Waals surface area contributed by atoms with Gasteiger partial charge in [0.2, 0.25) is 11.7 Å². The third-order valence-electron chi connectivity index (χ3n) is 5.53. The molecule has 174 valence electrons. The molecule has 1 amide bonds. The van der Waals surface area contributed by atoms with Crippen LogP contribution < -0.4 is 0 Å². The van der Waals surface area contributed by atoms with E-state index in [0.29, 0.717) is 41.8 Å². The molecule has 4 rings (SSSR count). The van der Waals surface area contributed by atoms with Gasteiger partial charge in [-0.15, -0.1) is 0 Å². The van der Waals surface area contributed by atoms with Crippen molar-refractivity contribution in [2.75, 3.05) is 45.9 Å². The molecule has 0 unspecified atom stereocenters. The Bertz CT molecular complexity index is 1050. The number of carbonyl (C=O) groups is 1. The second kappa shape index (κ2) is 11.4.